The van der Waals surface area contributed by atoms with Gasteiger partial charge in [0.2, 0.25) is 0 Å². The Balaban J connectivity index is 1.35. The number of aliphatic imine (C=N–C) groups is 1. The molecule has 0 saturated heterocycles. The summed E-state index contributed by atoms with van der Waals surface area (Å²) >= 11 is 5.92. The van der Waals surface area contributed by atoms with Crippen molar-refractivity contribution in [1.82, 2.24) is 4.98 Å². The summed E-state index contributed by atoms with van der Waals surface area (Å²) in [5.41, 5.74) is 5.16. The first-order valence-electron chi connectivity index (χ1n) is 9.75. The van der Waals surface area contributed by atoms with E-state index in [0.29, 0.717) is 29.1 Å². The molecular weight excluding hydrogens is 394 g/mol. The van der Waals surface area contributed by atoms with Crippen LogP contribution in [0.3, 0.4) is 0 Å². The average Bonchev–Trinajstić information content (AvgIpc) is 3.17. The van der Waals surface area contributed by atoms with Crippen molar-refractivity contribution in [3.8, 4) is 0 Å². The van der Waals surface area contributed by atoms with E-state index in [1.807, 2.05) is 36.5 Å². The fraction of sp³-hybridized carbons (Fsp3) is 0.0800. The summed E-state index contributed by atoms with van der Waals surface area (Å²) in [5.74, 6) is -0.144. The lowest BCUT2D eigenvalue weighted by Gasteiger charge is -2.09. The summed E-state index contributed by atoms with van der Waals surface area (Å²) in [6, 6.07) is 23.0. The van der Waals surface area contributed by atoms with Crippen LogP contribution in [0.2, 0.25) is 5.02 Å². The number of amides is 1. The minimum atomic E-state index is -0.144. The Morgan fingerprint density at radius 2 is 1.77 bits per heavy atom. The molecule has 146 valence electrons. The van der Waals surface area contributed by atoms with E-state index in [1.54, 1.807) is 24.3 Å². The summed E-state index contributed by atoms with van der Waals surface area (Å²) in [4.78, 5) is 22.2. The summed E-state index contributed by atoms with van der Waals surface area (Å²) < 4.78 is 0. The number of pyridine rings is 1. The van der Waals surface area contributed by atoms with Crippen molar-refractivity contribution in [2.75, 3.05) is 5.32 Å². The largest absolute Gasteiger partial charge is 0.322 e. The van der Waals surface area contributed by atoms with E-state index in [0.717, 1.165) is 28.0 Å². The normalized spacial score (nSPS) is 12.5. The third kappa shape index (κ3) is 3.70. The first kappa shape index (κ1) is 18.5. The van der Waals surface area contributed by atoms with Crippen LogP contribution in [0.15, 0.2) is 84.0 Å². The van der Waals surface area contributed by atoms with Crippen LogP contribution in [-0.4, -0.2) is 16.6 Å². The molecule has 4 aromatic rings. The number of hydrogen-bond acceptors (Lipinski definition) is 3. The highest BCUT2D eigenvalue weighted by molar-refractivity contribution is 6.30. The molecule has 1 amide bonds. The van der Waals surface area contributed by atoms with Gasteiger partial charge in [-0.15, -0.1) is 0 Å². The molecule has 0 unspecified atom stereocenters. The lowest BCUT2D eigenvalue weighted by Crippen LogP contribution is -2.15. The number of anilines is 1. The Labute approximate surface area is 179 Å². The number of carbonyl (C=O) groups excluding carboxylic acids is 1. The van der Waals surface area contributed by atoms with Crippen molar-refractivity contribution in [3.63, 3.8) is 0 Å². The molecule has 0 radical (unpaired) electrons. The number of nitrogens with one attached hydrogen (secondary N) is 1. The molecule has 0 bridgehead atoms. The quantitative estimate of drug-likeness (QED) is 0.447. The van der Waals surface area contributed by atoms with Crippen LogP contribution in [0.25, 0.3) is 10.8 Å². The van der Waals surface area contributed by atoms with Crippen LogP contribution >= 0.6 is 11.6 Å². The van der Waals surface area contributed by atoms with Crippen molar-refractivity contribution >= 4 is 45.4 Å². The van der Waals surface area contributed by atoms with E-state index >= 15 is 0 Å². The van der Waals surface area contributed by atoms with Gasteiger partial charge in [0, 0.05) is 52.1 Å². The van der Waals surface area contributed by atoms with E-state index in [1.165, 1.54) is 5.39 Å². The molecule has 0 aliphatic carbocycles. The number of benzene rings is 3. The lowest BCUT2D eigenvalue weighted by atomic mass is 10.00. The molecule has 5 rings (SSSR count). The van der Waals surface area contributed by atoms with Crippen molar-refractivity contribution < 1.29 is 4.79 Å². The average molecular weight is 412 g/mol. The SMILES string of the molecule is O=C(Nc1ccc(Cl)cc1)c1cccc2c1CC(Cc1cc3ccccc3cn1)=N2. The fourth-order valence-corrected chi connectivity index (χ4v) is 3.89. The summed E-state index contributed by atoms with van der Waals surface area (Å²) in [5, 5.41) is 5.86. The monoisotopic (exact) mass is 411 g/mol. The van der Waals surface area contributed by atoms with E-state index in [2.05, 4.69) is 28.5 Å². The number of carbonyl (C=O) groups is 1. The molecule has 0 saturated carbocycles. The molecule has 0 atom stereocenters. The maximum Gasteiger partial charge on any atom is 0.256 e. The molecule has 0 fully saturated rings. The first-order valence-corrected chi connectivity index (χ1v) is 10.1. The van der Waals surface area contributed by atoms with Crippen LogP contribution in [0.1, 0.15) is 21.6 Å². The number of fused-ring (bicyclic) bond motifs is 2. The van der Waals surface area contributed by atoms with Crippen LogP contribution in [-0.2, 0) is 12.8 Å². The van der Waals surface area contributed by atoms with Crippen molar-refractivity contribution in [2.45, 2.75) is 12.8 Å². The van der Waals surface area contributed by atoms with Crippen LogP contribution in [0.4, 0.5) is 11.4 Å². The van der Waals surface area contributed by atoms with Gasteiger partial charge in [-0.1, -0.05) is 41.9 Å². The van der Waals surface area contributed by atoms with Gasteiger partial charge in [0.15, 0.2) is 0 Å². The molecule has 4 nitrogen and oxygen atoms in total. The Kier molecular flexibility index (Phi) is 4.77. The topological polar surface area (TPSA) is 54.4 Å². The van der Waals surface area contributed by atoms with E-state index < -0.39 is 0 Å². The second kappa shape index (κ2) is 7.73. The second-order valence-electron chi connectivity index (χ2n) is 7.32. The molecule has 1 aliphatic rings. The summed E-state index contributed by atoms with van der Waals surface area (Å²) in [6.07, 6.45) is 3.21. The van der Waals surface area contributed by atoms with Gasteiger partial charge >= 0.3 is 0 Å². The Morgan fingerprint density at radius 3 is 2.60 bits per heavy atom. The predicted octanol–water partition coefficient (Wildman–Crippen LogP) is 6.01. The van der Waals surface area contributed by atoms with Gasteiger partial charge in [-0.3, -0.25) is 14.8 Å². The highest BCUT2D eigenvalue weighted by Gasteiger charge is 2.22. The van der Waals surface area contributed by atoms with Crippen LogP contribution in [0, 0.1) is 0 Å². The second-order valence-corrected chi connectivity index (χ2v) is 7.76. The fourth-order valence-electron chi connectivity index (χ4n) is 3.76. The van der Waals surface area contributed by atoms with Gasteiger partial charge in [0.05, 0.1) is 5.69 Å². The summed E-state index contributed by atoms with van der Waals surface area (Å²) in [6.45, 7) is 0. The Morgan fingerprint density at radius 1 is 0.967 bits per heavy atom. The number of aromatic nitrogens is 1. The van der Waals surface area contributed by atoms with E-state index in [4.69, 9.17) is 16.6 Å². The third-order valence-corrected chi connectivity index (χ3v) is 5.48. The highest BCUT2D eigenvalue weighted by Crippen LogP contribution is 2.31. The van der Waals surface area contributed by atoms with Crippen molar-refractivity contribution in [3.05, 3.63) is 101 Å². The van der Waals surface area contributed by atoms with Crippen LogP contribution < -0.4 is 5.32 Å². The molecule has 2 heterocycles. The minimum Gasteiger partial charge on any atom is -0.322 e. The van der Waals surface area contributed by atoms with Gasteiger partial charge in [0.1, 0.15) is 0 Å². The highest BCUT2D eigenvalue weighted by atomic mass is 35.5. The zero-order valence-corrected chi connectivity index (χ0v) is 16.9. The van der Waals surface area contributed by atoms with Gasteiger partial charge in [-0.2, -0.15) is 0 Å². The number of halogens is 1. The molecule has 3 aromatic carbocycles. The van der Waals surface area contributed by atoms with Crippen molar-refractivity contribution in [2.24, 2.45) is 4.99 Å². The predicted molar refractivity (Wildman–Crippen MR) is 122 cm³/mol. The number of hydrogen-bond donors (Lipinski definition) is 1. The van der Waals surface area contributed by atoms with Gasteiger partial charge in [0.25, 0.3) is 5.91 Å². The third-order valence-electron chi connectivity index (χ3n) is 5.23. The minimum absolute atomic E-state index is 0.144. The zero-order chi connectivity index (χ0) is 20.5. The standard InChI is InChI=1S/C25H18ClN3O/c26-18-8-10-19(11-9-18)29-25(30)22-6-3-7-24-23(22)14-21(28-24)13-20-12-16-4-1-2-5-17(16)15-27-20/h1-12,15H,13-14H2,(H,29,30). The number of rotatable bonds is 4. The molecular formula is C25H18ClN3O. The first-order chi connectivity index (χ1) is 14.7. The van der Waals surface area contributed by atoms with Crippen LogP contribution in [0.5, 0.6) is 0 Å². The molecule has 1 aromatic heterocycles. The lowest BCUT2D eigenvalue weighted by molar-refractivity contribution is 0.102. The van der Waals surface area contributed by atoms with Crippen molar-refractivity contribution in [1.29, 1.82) is 0 Å². The molecule has 0 spiro atoms. The molecule has 5 heteroatoms. The zero-order valence-electron chi connectivity index (χ0n) is 16.1. The van der Waals surface area contributed by atoms with Gasteiger partial charge in [-0.05, 0) is 53.4 Å². The van der Waals surface area contributed by atoms with E-state index in [-0.39, 0.29) is 5.91 Å². The number of nitrogens with zero attached hydrogens (tertiary/aromatic N) is 2. The molecule has 1 aliphatic heterocycles. The molecule has 30 heavy (non-hydrogen) atoms. The maximum atomic E-state index is 12.9. The Hall–Kier alpha value is -3.50. The molecule has 1 N–H and O–H groups in total. The van der Waals surface area contributed by atoms with Gasteiger partial charge < -0.3 is 5.32 Å². The Bertz CT molecular complexity index is 1300. The van der Waals surface area contributed by atoms with Gasteiger partial charge in [-0.25, -0.2) is 0 Å². The van der Waals surface area contributed by atoms with E-state index in [9.17, 15) is 4.79 Å². The summed E-state index contributed by atoms with van der Waals surface area (Å²) in [7, 11) is 0. The maximum absolute atomic E-state index is 12.9. The smallest absolute Gasteiger partial charge is 0.256 e.